The summed E-state index contributed by atoms with van der Waals surface area (Å²) >= 11 is 0. The van der Waals surface area contributed by atoms with E-state index in [9.17, 15) is 0 Å². The normalized spacial score (nSPS) is 22.2. The van der Waals surface area contributed by atoms with Crippen LogP contribution < -0.4 is 10.1 Å². The number of rotatable bonds is 5. The summed E-state index contributed by atoms with van der Waals surface area (Å²) in [5.41, 5.74) is 2.55. The van der Waals surface area contributed by atoms with Gasteiger partial charge >= 0.3 is 0 Å². The molecular weight excluding hydrogens is 371 g/mol. The molecule has 0 radical (unpaired) electrons. The number of ether oxygens (including phenoxy) is 1. The Labute approximate surface area is 167 Å². The quantitative estimate of drug-likeness (QED) is 0.840. The number of nitrogens with zero attached hydrogens (tertiary/aromatic N) is 3. The molecule has 0 spiro atoms. The van der Waals surface area contributed by atoms with Gasteiger partial charge in [0.1, 0.15) is 5.75 Å². The summed E-state index contributed by atoms with van der Waals surface area (Å²) < 4.78 is 7.48. The molecule has 2 aromatic rings. The topological polar surface area (TPSA) is 42.3 Å². The lowest BCUT2D eigenvalue weighted by molar-refractivity contribution is 0.256. The van der Waals surface area contributed by atoms with E-state index in [1.54, 1.807) is 7.11 Å². The van der Waals surface area contributed by atoms with Crippen LogP contribution in [-0.4, -0.2) is 47.5 Å². The van der Waals surface area contributed by atoms with Gasteiger partial charge in [-0.15, -0.1) is 24.8 Å². The van der Waals surface area contributed by atoms with Crippen LogP contribution in [0.15, 0.2) is 36.7 Å². The van der Waals surface area contributed by atoms with Gasteiger partial charge in [-0.05, 0) is 49.1 Å². The maximum atomic E-state index is 5.54. The number of aromatic nitrogens is 2. The highest BCUT2D eigenvalue weighted by atomic mass is 35.5. The van der Waals surface area contributed by atoms with Crippen LogP contribution in [0.1, 0.15) is 24.0 Å². The number of halogens is 2. The molecule has 2 bridgehead atoms. The Kier molecular flexibility index (Phi) is 7.77. The molecule has 0 amide bonds. The molecule has 4 heterocycles. The maximum Gasteiger partial charge on any atom is 0.123 e. The van der Waals surface area contributed by atoms with Crippen LogP contribution in [0.2, 0.25) is 0 Å². The van der Waals surface area contributed by atoms with E-state index < -0.39 is 0 Å². The fourth-order valence-electron chi connectivity index (χ4n) is 4.05. The van der Waals surface area contributed by atoms with E-state index >= 15 is 0 Å². The van der Waals surface area contributed by atoms with E-state index in [0.29, 0.717) is 6.04 Å². The molecule has 5 rings (SSSR count). The van der Waals surface area contributed by atoms with E-state index in [1.165, 1.54) is 37.1 Å². The Balaban J connectivity index is 0.00000121. The van der Waals surface area contributed by atoms with E-state index in [4.69, 9.17) is 4.74 Å². The molecule has 3 fully saturated rings. The van der Waals surface area contributed by atoms with Gasteiger partial charge in [0.05, 0.1) is 13.7 Å². The lowest BCUT2D eigenvalue weighted by Crippen LogP contribution is -2.39. The molecule has 7 heteroatoms. The summed E-state index contributed by atoms with van der Waals surface area (Å²) in [4.78, 5) is 2.61. The molecule has 26 heavy (non-hydrogen) atoms. The van der Waals surface area contributed by atoms with Crippen LogP contribution in [0.4, 0.5) is 0 Å². The number of nitrogens with one attached hydrogen (secondary N) is 1. The van der Waals surface area contributed by atoms with Crippen molar-refractivity contribution in [3.63, 3.8) is 0 Å². The molecule has 1 aromatic heterocycles. The first kappa shape index (κ1) is 21.0. The van der Waals surface area contributed by atoms with Crippen molar-refractivity contribution in [2.45, 2.75) is 32.0 Å². The first-order chi connectivity index (χ1) is 11.8. The summed E-state index contributed by atoms with van der Waals surface area (Å²) in [6, 6.07) is 9.20. The second-order valence-corrected chi connectivity index (χ2v) is 7.09. The minimum Gasteiger partial charge on any atom is -0.496 e. The fraction of sp³-hybridized carbons (Fsp3) is 0.526. The lowest BCUT2D eigenvalue weighted by Gasteiger charge is -2.23. The molecule has 144 valence electrons. The molecule has 2 atom stereocenters. The van der Waals surface area contributed by atoms with E-state index in [2.05, 4.69) is 33.5 Å². The first-order valence-electron chi connectivity index (χ1n) is 8.89. The van der Waals surface area contributed by atoms with Crippen molar-refractivity contribution < 1.29 is 4.74 Å². The van der Waals surface area contributed by atoms with Gasteiger partial charge in [0.25, 0.3) is 0 Å². The lowest BCUT2D eigenvalue weighted by atomic mass is 9.97. The molecule has 1 aromatic carbocycles. The third-order valence-corrected chi connectivity index (χ3v) is 5.26. The molecule has 0 aliphatic carbocycles. The highest BCUT2D eigenvalue weighted by molar-refractivity contribution is 5.85. The van der Waals surface area contributed by atoms with Crippen molar-refractivity contribution in [1.29, 1.82) is 0 Å². The maximum absolute atomic E-state index is 5.54. The number of piperidine rings is 1. The van der Waals surface area contributed by atoms with Gasteiger partial charge in [0, 0.05) is 43.6 Å². The van der Waals surface area contributed by atoms with Crippen LogP contribution in [0.5, 0.6) is 5.75 Å². The monoisotopic (exact) mass is 398 g/mol. The van der Waals surface area contributed by atoms with E-state index in [-0.39, 0.29) is 24.8 Å². The molecule has 3 aliphatic heterocycles. The van der Waals surface area contributed by atoms with Crippen LogP contribution in [-0.2, 0) is 13.1 Å². The highest BCUT2D eigenvalue weighted by Crippen LogP contribution is 2.25. The Morgan fingerprint density at radius 3 is 2.77 bits per heavy atom. The van der Waals surface area contributed by atoms with E-state index in [1.807, 2.05) is 23.1 Å². The second-order valence-electron chi connectivity index (χ2n) is 7.09. The minimum absolute atomic E-state index is 0. The highest BCUT2D eigenvalue weighted by Gasteiger charge is 2.28. The third-order valence-electron chi connectivity index (χ3n) is 5.26. The second kappa shape index (κ2) is 9.60. The van der Waals surface area contributed by atoms with Crippen molar-refractivity contribution in [2.75, 3.05) is 26.7 Å². The van der Waals surface area contributed by atoms with Gasteiger partial charge in [0.15, 0.2) is 0 Å². The van der Waals surface area contributed by atoms with Gasteiger partial charge in [-0.25, -0.2) is 0 Å². The molecule has 3 saturated heterocycles. The van der Waals surface area contributed by atoms with Gasteiger partial charge in [-0.3, -0.25) is 9.58 Å². The van der Waals surface area contributed by atoms with Crippen LogP contribution in [0.25, 0.3) is 0 Å². The van der Waals surface area contributed by atoms with Crippen molar-refractivity contribution in [1.82, 2.24) is 20.0 Å². The zero-order valence-corrected chi connectivity index (χ0v) is 16.8. The smallest absolute Gasteiger partial charge is 0.123 e. The Morgan fingerprint density at radius 1 is 1.19 bits per heavy atom. The van der Waals surface area contributed by atoms with Gasteiger partial charge < -0.3 is 10.1 Å². The zero-order valence-electron chi connectivity index (χ0n) is 15.1. The molecule has 5 nitrogen and oxygen atoms in total. The number of benzene rings is 1. The van der Waals surface area contributed by atoms with Gasteiger partial charge in [-0.1, -0.05) is 6.07 Å². The average Bonchev–Trinajstić information content (AvgIpc) is 2.94. The Bertz CT molecular complexity index is 658. The number of hydrogen-bond donors (Lipinski definition) is 1. The van der Waals surface area contributed by atoms with Gasteiger partial charge in [-0.2, -0.15) is 5.10 Å². The summed E-state index contributed by atoms with van der Waals surface area (Å²) in [6.45, 7) is 5.33. The molecule has 0 saturated carbocycles. The van der Waals surface area contributed by atoms with Crippen LogP contribution >= 0.6 is 24.8 Å². The first-order valence-corrected chi connectivity index (χ1v) is 8.89. The summed E-state index contributed by atoms with van der Waals surface area (Å²) in [6.07, 6.45) is 6.51. The van der Waals surface area contributed by atoms with Crippen molar-refractivity contribution >= 4 is 24.8 Å². The van der Waals surface area contributed by atoms with Crippen molar-refractivity contribution in [3.05, 3.63) is 47.8 Å². The van der Waals surface area contributed by atoms with Crippen molar-refractivity contribution in [3.8, 4) is 5.75 Å². The minimum atomic E-state index is 0. The summed E-state index contributed by atoms with van der Waals surface area (Å²) in [5, 5.41) is 8.00. The Morgan fingerprint density at radius 2 is 2.08 bits per heavy atom. The molecule has 3 aliphatic rings. The third kappa shape index (κ3) is 4.92. The molecule has 0 unspecified atom stereocenters. The van der Waals surface area contributed by atoms with Crippen molar-refractivity contribution in [2.24, 2.45) is 5.92 Å². The van der Waals surface area contributed by atoms with Gasteiger partial charge in [0.2, 0.25) is 0 Å². The Hall–Kier alpha value is -1.27. The molecule has 1 N–H and O–H groups in total. The number of hydrogen-bond acceptors (Lipinski definition) is 4. The predicted molar refractivity (Wildman–Crippen MR) is 109 cm³/mol. The average molecular weight is 399 g/mol. The number of fused-ring (bicyclic) bond motifs is 4. The fourth-order valence-corrected chi connectivity index (χ4v) is 4.05. The zero-order chi connectivity index (χ0) is 16.4. The summed E-state index contributed by atoms with van der Waals surface area (Å²) in [7, 11) is 1.74. The standard InChI is InChI=1S/C19H26N4O.2ClH/c1-24-19-6-4-15(9-17(19)13-23-8-2-7-21-23)11-22-12-16-3-5-18(14-22)20-10-16;;/h2,4,6-9,16,18,20H,3,5,10-14H2,1H3;2*1H/t16-,18-;;/m0../s1. The van der Waals surface area contributed by atoms with E-state index in [0.717, 1.165) is 31.3 Å². The summed E-state index contributed by atoms with van der Waals surface area (Å²) in [5.74, 6) is 1.75. The van der Waals surface area contributed by atoms with Crippen LogP contribution in [0, 0.1) is 5.92 Å². The predicted octanol–water partition coefficient (Wildman–Crippen LogP) is 2.97. The largest absolute Gasteiger partial charge is 0.496 e. The van der Waals surface area contributed by atoms with Crippen LogP contribution in [0.3, 0.4) is 0 Å². The number of methoxy groups -OCH3 is 1. The SMILES string of the molecule is COc1ccc(CN2C[C@H]3CC[C@@H](C2)NC3)cc1Cn1cccn1.Cl.Cl. The molecular formula is C19H28Cl2N4O.